The molecule has 19 heavy (non-hydrogen) atoms. The van der Waals surface area contributed by atoms with Crippen molar-refractivity contribution in [1.82, 2.24) is 10.0 Å². The van der Waals surface area contributed by atoms with Gasteiger partial charge in [-0.1, -0.05) is 11.6 Å². The zero-order valence-corrected chi connectivity index (χ0v) is 12.2. The highest BCUT2D eigenvalue weighted by atomic mass is 35.5. The molecule has 1 saturated heterocycles. The van der Waals surface area contributed by atoms with Crippen LogP contribution in [0, 0.1) is 0 Å². The molecule has 0 unspecified atom stereocenters. The lowest BCUT2D eigenvalue weighted by Crippen LogP contribution is -2.45. The molecule has 1 heterocycles. The van der Waals surface area contributed by atoms with Crippen LogP contribution in [0.25, 0.3) is 0 Å². The van der Waals surface area contributed by atoms with E-state index in [0.29, 0.717) is 11.6 Å². The van der Waals surface area contributed by atoms with Gasteiger partial charge in [-0.3, -0.25) is 0 Å². The third-order valence-electron chi connectivity index (χ3n) is 3.03. The van der Waals surface area contributed by atoms with Crippen molar-refractivity contribution in [3.8, 4) is 5.75 Å². The minimum absolute atomic E-state index is 0.0841. The molecular formula is C12H17ClN2O3S. The van der Waals surface area contributed by atoms with Gasteiger partial charge in [0.05, 0.1) is 7.11 Å². The first-order valence-electron chi connectivity index (χ1n) is 6.09. The quantitative estimate of drug-likeness (QED) is 0.882. The van der Waals surface area contributed by atoms with Crippen LogP contribution in [0.1, 0.15) is 12.8 Å². The molecule has 1 aromatic carbocycles. The molecule has 106 valence electrons. The summed E-state index contributed by atoms with van der Waals surface area (Å²) in [5.74, 6) is 0.253. The molecule has 7 heteroatoms. The first-order chi connectivity index (χ1) is 9.03. The van der Waals surface area contributed by atoms with Gasteiger partial charge in [0, 0.05) is 23.7 Å². The Morgan fingerprint density at radius 1 is 1.47 bits per heavy atom. The normalized spacial score (nSPS) is 20.2. The first-order valence-corrected chi connectivity index (χ1v) is 7.95. The molecule has 0 radical (unpaired) electrons. The second-order valence-corrected chi connectivity index (χ2v) is 6.58. The molecule has 1 aliphatic heterocycles. The van der Waals surface area contributed by atoms with E-state index in [-0.39, 0.29) is 16.7 Å². The fourth-order valence-corrected chi connectivity index (χ4v) is 3.68. The van der Waals surface area contributed by atoms with E-state index >= 15 is 0 Å². The SMILES string of the molecule is COc1cc(Cl)ccc1S(=O)(=O)N[C@H]1CCCNC1. The topological polar surface area (TPSA) is 67.4 Å². The number of benzene rings is 1. The number of piperidine rings is 1. The van der Waals surface area contributed by atoms with E-state index in [1.165, 1.54) is 25.3 Å². The van der Waals surface area contributed by atoms with Crippen LogP contribution in [-0.4, -0.2) is 34.7 Å². The minimum Gasteiger partial charge on any atom is -0.495 e. The van der Waals surface area contributed by atoms with E-state index in [1.807, 2.05) is 0 Å². The van der Waals surface area contributed by atoms with Gasteiger partial charge in [0.15, 0.2) is 0 Å². The molecule has 1 aliphatic rings. The zero-order valence-electron chi connectivity index (χ0n) is 10.6. The lowest BCUT2D eigenvalue weighted by Gasteiger charge is -2.24. The smallest absolute Gasteiger partial charge is 0.244 e. The summed E-state index contributed by atoms with van der Waals surface area (Å²) in [6.07, 6.45) is 1.80. The van der Waals surface area contributed by atoms with E-state index < -0.39 is 10.0 Å². The molecule has 1 atom stereocenters. The number of hydrogen-bond donors (Lipinski definition) is 2. The summed E-state index contributed by atoms with van der Waals surface area (Å²) < 4.78 is 32.4. The molecule has 0 aromatic heterocycles. The van der Waals surface area contributed by atoms with E-state index in [2.05, 4.69) is 10.0 Å². The highest BCUT2D eigenvalue weighted by molar-refractivity contribution is 7.89. The third-order valence-corrected chi connectivity index (χ3v) is 4.83. The fraction of sp³-hybridized carbons (Fsp3) is 0.500. The number of methoxy groups -OCH3 is 1. The van der Waals surface area contributed by atoms with Crippen LogP contribution in [0.2, 0.25) is 5.02 Å². The molecule has 2 N–H and O–H groups in total. The van der Waals surface area contributed by atoms with Crippen molar-refractivity contribution in [3.63, 3.8) is 0 Å². The molecule has 0 saturated carbocycles. The van der Waals surface area contributed by atoms with Gasteiger partial charge in [-0.25, -0.2) is 13.1 Å². The maximum absolute atomic E-state index is 12.3. The standard InChI is InChI=1S/C12H17ClN2O3S/c1-18-11-7-9(13)4-5-12(11)19(16,17)15-10-3-2-6-14-8-10/h4-5,7,10,14-15H,2-3,6,8H2,1H3/t10-/m0/s1. The van der Waals surface area contributed by atoms with E-state index in [9.17, 15) is 8.42 Å². The number of halogens is 1. The molecular weight excluding hydrogens is 288 g/mol. The lowest BCUT2D eigenvalue weighted by molar-refractivity contribution is 0.399. The molecule has 0 spiro atoms. The van der Waals surface area contributed by atoms with Crippen LogP contribution in [-0.2, 0) is 10.0 Å². The summed E-state index contributed by atoms with van der Waals surface area (Å²) in [6, 6.07) is 4.41. The van der Waals surface area contributed by atoms with Crippen molar-refractivity contribution < 1.29 is 13.2 Å². The summed E-state index contributed by atoms with van der Waals surface area (Å²) >= 11 is 5.83. The summed E-state index contributed by atoms with van der Waals surface area (Å²) in [5, 5.41) is 3.61. The van der Waals surface area contributed by atoms with Crippen LogP contribution in [0.5, 0.6) is 5.75 Å². The van der Waals surface area contributed by atoms with E-state index in [0.717, 1.165) is 19.4 Å². The summed E-state index contributed by atoms with van der Waals surface area (Å²) in [7, 11) is -2.17. The van der Waals surface area contributed by atoms with Crippen molar-refractivity contribution in [1.29, 1.82) is 0 Å². The Hall–Kier alpha value is -0.820. The van der Waals surface area contributed by atoms with Crippen LogP contribution in [0.4, 0.5) is 0 Å². The number of hydrogen-bond acceptors (Lipinski definition) is 4. The van der Waals surface area contributed by atoms with Gasteiger partial charge in [-0.05, 0) is 31.5 Å². The molecule has 0 amide bonds. The van der Waals surface area contributed by atoms with E-state index in [4.69, 9.17) is 16.3 Å². The van der Waals surface area contributed by atoms with Gasteiger partial charge in [0.2, 0.25) is 10.0 Å². The third kappa shape index (κ3) is 3.60. The zero-order chi connectivity index (χ0) is 13.9. The van der Waals surface area contributed by atoms with Crippen LogP contribution >= 0.6 is 11.6 Å². The predicted molar refractivity (Wildman–Crippen MR) is 74.2 cm³/mol. The average molecular weight is 305 g/mol. The van der Waals surface area contributed by atoms with Crippen molar-refractivity contribution >= 4 is 21.6 Å². The largest absolute Gasteiger partial charge is 0.495 e. The minimum atomic E-state index is -3.59. The highest BCUT2D eigenvalue weighted by Gasteiger charge is 2.24. The second-order valence-electron chi connectivity index (χ2n) is 4.46. The van der Waals surface area contributed by atoms with Gasteiger partial charge < -0.3 is 10.1 Å². The monoisotopic (exact) mass is 304 g/mol. The number of sulfonamides is 1. The Morgan fingerprint density at radius 2 is 2.26 bits per heavy atom. The summed E-state index contributed by atoms with van der Waals surface area (Å²) in [4.78, 5) is 0.116. The van der Waals surface area contributed by atoms with E-state index in [1.54, 1.807) is 0 Å². The van der Waals surface area contributed by atoms with Crippen molar-refractivity contribution in [2.24, 2.45) is 0 Å². The number of ether oxygens (including phenoxy) is 1. The van der Waals surface area contributed by atoms with Crippen molar-refractivity contribution in [2.75, 3.05) is 20.2 Å². The van der Waals surface area contributed by atoms with Gasteiger partial charge >= 0.3 is 0 Å². The summed E-state index contributed by atoms with van der Waals surface area (Å²) in [5.41, 5.74) is 0. The molecule has 0 bridgehead atoms. The molecule has 5 nitrogen and oxygen atoms in total. The highest BCUT2D eigenvalue weighted by Crippen LogP contribution is 2.27. The van der Waals surface area contributed by atoms with Gasteiger partial charge in [0.25, 0.3) is 0 Å². The summed E-state index contributed by atoms with van der Waals surface area (Å²) in [6.45, 7) is 1.58. The Kier molecular flexibility index (Phi) is 4.67. The van der Waals surface area contributed by atoms with Crippen LogP contribution in [0.15, 0.2) is 23.1 Å². The second kappa shape index (κ2) is 6.09. The maximum atomic E-state index is 12.3. The average Bonchev–Trinajstić information content (AvgIpc) is 2.38. The Bertz CT molecular complexity index is 542. The fourth-order valence-electron chi connectivity index (χ4n) is 2.10. The molecule has 2 rings (SSSR count). The van der Waals surface area contributed by atoms with Gasteiger partial charge in [-0.2, -0.15) is 0 Å². The number of rotatable bonds is 4. The maximum Gasteiger partial charge on any atom is 0.244 e. The Labute approximate surface area is 118 Å². The predicted octanol–water partition coefficient (Wildman–Crippen LogP) is 1.38. The van der Waals surface area contributed by atoms with Crippen molar-refractivity contribution in [3.05, 3.63) is 23.2 Å². The first kappa shape index (κ1) is 14.6. The van der Waals surface area contributed by atoms with Crippen molar-refractivity contribution in [2.45, 2.75) is 23.8 Å². The Balaban J connectivity index is 2.23. The number of nitrogens with one attached hydrogen (secondary N) is 2. The van der Waals surface area contributed by atoms with Gasteiger partial charge in [0.1, 0.15) is 10.6 Å². The molecule has 0 aliphatic carbocycles. The Morgan fingerprint density at radius 3 is 2.89 bits per heavy atom. The molecule has 1 aromatic rings. The van der Waals surface area contributed by atoms with Crippen LogP contribution < -0.4 is 14.8 Å². The lowest BCUT2D eigenvalue weighted by atomic mass is 10.1. The molecule has 1 fully saturated rings. The van der Waals surface area contributed by atoms with Crippen LogP contribution in [0.3, 0.4) is 0 Å². The van der Waals surface area contributed by atoms with Gasteiger partial charge in [-0.15, -0.1) is 0 Å².